The third-order valence-electron chi connectivity index (χ3n) is 6.01. The third-order valence-corrected chi connectivity index (χ3v) is 6.31. The highest BCUT2D eigenvalue weighted by Crippen LogP contribution is 2.35. The van der Waals surface area contributed by atoms with Crippen molar-refractivity contribution in [2.24, 2.45) is 0 Å². The predicted molar refractivity (Wildman–Crippen MR) is 168 cm³/mol. The monoisotopic (exact) mass is 589 g/mol. The molecule has 2 N–H and O–H groups in total. The molecule has 0 spiro atoms. The summed E-state index contributed by atoms with van der Waals surface area (Å²) in [4.78, 5) is 26.0. The fraction of sp³-hybridized carbons (Fsp3) is 0.273. The van der Waals surface area contributed by atoms with Gasteiger partial charge in [-0.2, -0.15) is 0 Å². The SMILES string of the molecule is CCOC(=O)c1cn(Cc2ccccc2)c(=O)cc1Nc1ccc(OC(C)C)c(Nc2ccc(OC(C)C)c(Cl)c2)c1. The molecule has 0 bridgehead atoms. The molecule has 42 heavy (non-hydrogen) atoms. The Labute approximate surface area is 251 Å². The van der Waals surface area contributed by atoms with E-state index in [1.54, 1.807) is 13.0 Å². The molecular weight excluding hydrogens is 554 g/mol. The molecule has 220 valence electrons. The van der Waals surface area contributed by atoms with Crippen molar-refractivity contribution < 1.29 is 19.0 Å². The number of pyridine rings is 1. The van der Waals surface area contributed by atoms with E-state index in [2.05, 4.69) is 10.6 Å². The number of carbonyl (C=O) groups is 1. The van der Waals surface area contributed by atoms with Crippen LogP contribution in [0.25, 0.3) is 0 Å². The maximum Gasteiger partial charge on any atom is 0.341 e. The van der Waals surface area contributed by atoms with Crippen LogP contribution in [0.3, 0.4) is 0 Å². The molecule has 0 aliphatic rings. The molecule has 1 heterocycles. The number of esters is 1. The molecule has 4 rings (SSSR count). The van der Waals surface area contributed by atoms with E-state index in [4.69, 9.17) is 25.8 Å². The zero-order valence-electron chi connectivity index (χ0n) is 24.4. The molecule has 4 aromatic rings. The number of aromatic nitrogens is 1. The first-order chi connectivity index (χ1) is 20.1. The summed E-state index contributed by atoms with van der Waals surface area (Å²) in [6.07, 6.45) is 1.46. The van der Waals surface area contributed by atoms with Crippen LogP contribution in [0.15, 0.2) is 83.8 Å². The summed E-state index contributed by atoms with van der Waals surface area (Å²) in [5.41, 5.74) is 3.29. The van der Waals surface area contributed by atoms with Crippen molar-refractivity contribution in [3.05, 3.63) is 105 Å². The number of nitrogens with zero attached hydrogens (tertiary/aromatic N) is 1. The molecule has 0 aliphatic heterocycles. The van der Waals surface area contributed by atoms with Gasteiger partial charge >= 0.3 is 5.97 Å². The van der Waals surface area contributed by atoms with E-state index in [1.165, 1.54) is 16.8 Å². The molecule has 0 amide bonds. The Kier molecular flexibility index (Phi) is 10.1. The average Bonchev–Trinajstić information content (AvgIpc) is 2.93. The van der Waals surface area contributed by atoms with Gasteiger partial charge in [0.05, 0.1) is 47.3 Å². The smallest absolute Gasteiger partial charge is 0.341 e. The second kappa shape index (κ2) is 14.0. The Morgan fingerprint density at radius 3 is 2.10 bits per heavy atom. The van der Waals surface area contributed by atoms with Gasteiger partial charge in [-0.25, -0.2) is 4.79 Å². The van der Waals surface area contributed by atoms with Crippen LogP contribution in [0.5, 0.6) is 11.5 Å². The van der Waals surface area contributed by atoms with E-state index in [0.29, 0.717) is 40.1 Å². The minimum atomic E-state index is -0.529. The standard InChI is InChI=1S/C33H36ClN3O5/c1-6-40-33(39)26-20-37(19-23-10-8-7-9-11-23)32(38)18-28(26)35-25-13-15-31(42-22(4)5)29(17-25)36-24-12-14-30(27(34)16-24)41-21(2)3/h7-18,20-22,35-36H,6,19H2,1-5H3. The van der Waals surface area contributed by atoms with Crippen LogP contribution >= 0.6 is 11.6 Å². The number of nitrogens with one attached hydrogen (secondary N) is 2. The van der Waals surface area contributed by atoms with Gasteiger partial charge in [0.25, 0.3) is 5.56 Å². The van der Waals surface area contributed by atoms with Gasteiger partial charge in [0.1, 0.15) is 11.5 Å². The van der Waals surface area contributed by atoms with Crippen LogP contribution in [0.2, 0.25) is 5.02 Å². The number of ether oxygens (including phenoxy) is 3. The van der Waals surface area contributed by atoms with Crippen LogP contribution in [0, 0.1) is 0 Å². The molecule has 0 saturated carbocycles. The molecule has 3 aromatic carbocycles. The number of rotatable bonds is 12. The molecule has 0 fully saturated rings. The van der Waals surface area contributed by atoms with Gasteiger partial charge in [0, 0.05) is 23.6 Å². The van der Waals surface area contributed by atoms with Crippen LogP contribution in [-0.2, 0) is 11.3 Å². The highest BCUT2D eigenvalue weighted by Gasteiger charge is 2.17. The van der Waals surface area contributed by atoms with E-state index in [-0.39, 0.29) is 29.9 Å². The third kappa shape index (κ3) is 8.07. The Hall–Kier alpha value is -4.43. The maximum atomic E-state index is 13.1. The summed E-state index contributed by atoms with van der Waals surface area (Å²) in [6.45, 7) is 10.0. The molecule has 0 atom stereocenters. The van der Waals surface area contributed by atoms with Crippen LogP contribution < -0.4 is 25.7 Å². The number of carbonyl (C=O) groups excluding carboxylic acids is 1. The Morgan fingerprint density at radius 2 is 1.45 bits per heavy atom. The van der Waals surface area contributed by atoms with Crippen molar-refractivity contribution in [2.45, 2.75) is 53.4 Å². The summed E-state index contributed by atoms with van der Waals surface area (Å²) in [6, 6.07) is 21.9. The van der Waals surface area contributed by atoms with Crippen molar-refractivity contribution in [3.63, 3.8) is 0 Å². The zero-order valence-corrected chi connectivity index (χ0v) is 25.2. The van der Waals surface area contributed by atoms with E-state index in [0.717, 1.165) is 11.3 Å². The first-order valence-electron chi connectivity index (χ1n) is 13.9. The molecule has 0 unspecified atom stereocenters. The highest BCUT2D eigenvalue weighted by atomic mass is 35.5. The summed E-state index contributed by atoms with van der Waals surface area (Å²) in [5.74, 6) is 0.691. The molecular formula is C33H36ClN3O5. The first kappa shape index (κ1) is 30.5. The second-order valence-electron chi connectivity index (χ2n) is 10.2. The number of anilines is 4. The normalized spacial score (nSPS) is 11.0. The fourth-order valence-electron chi connectivity index (χ4n) is 4.25. The lowest BCUT2D eigenvalue weighted by Gasteiger charge is -2.19. The summed E-state index contributed by atoms with van der Waals surface area (Å²) >= 11 is 6.47. The number of hydrogen-bond donors (Lipinski definition) is 2. The van der Waals surface area contributed by atoms with Crippen molar-refractivity contribution in [2.75, 3.05) is 17.2 Å². The molecule has 1 aromatic heterocycles. The minimum Gasteiger partial charge on any atom is -0.489 e. The van der Waals surface area contributed by atoms with Gasteiger partial charge in [-0.1, -0.05) is 41.9 Å². The minimum absolute atomic E-state index is 0.00458. The lowest BCUT2D eigenvalue weighted by molar-refractivity contribution is 0.0526. The van der Waals surface area contributed by atoms with E-state index >= 15 is 0 Å². The van der Waals surface area contributed by atoms with Gasteiger partial charge in [0.2, 0.25) is 0 Å². The van der Waals surface area contributed by atoms with Gasteiger partial charge in [0.15, 0.2) is 0 Å². The second-order valence-corrected chi connectivity index (χ2v) is 10.6. The van der Waals surface area contributed by atoms with Crippen LogP contribution in [0.4, 0.5) is 22.7 Å². The Morgan fingerprint density at radius 1 is 0.833 bits per heavy atom. The predicted octanol–water partition coefficient (Wildman–Crippen LogP) is 7.79. The summed E-state index contributed by atoms with van der Waals surface area (Å²) in [5, 5.41) is 7.08. The van der Waals surface area contributed by atoms with Gasteiger partial charge < -0.3 is 29.4 Å². The van der Waals surface area contributed by atoms with Crippen molar-refractivity contribution >= 4 is 40.3 Å². The number of hydrogen-bond acceptors (Lipinski definition) is 7. The van der Waals surface area contributed by atoms with E-state index in [9.17, 15) is 9.59 Å². The largest absolute Gasteiger partial charge is 0.489 e. The summed E-state index contributed by atoms with van der Waals surface area (Å²) in [7, 11) is 0. The van der Waals surface area contributed by atoms with Gasteiger partial charge in [-0.15, -0.1) is 0 Å². The lowest BCUT2D eigenvalue weighted by atomic mass is 10.1. The first-order valence-corrected chi connectivity index (χ1v) is 14.3. The fourth-order valence-corrected chi connectivity index (χ4v) is 4.48. The number of benzene rings is 3. The lowest BCUT2D eigenvalue weighted by Crippen LogP contribution is -2.23. The maximum absolute atomic E-state index is 13.1. The van der Waals surface area contributed by atoms with E-state index in [1.807, 2.05) is 88.4 Å². The van der Waals surface area contributed by atoms with Crippen molar-refractivity contribution in [1.82, 2.24) is 4.57 Å². The molecule has 9 heteroatoms. The van der Waals surface area contributed by atoms with Crippen molar-refractivity contribution in [3.8, 4) is 11.5 Å². The number of halogens is 1. The van der Waals surface area contributed by atoms with Crippen LogP contribution in [-0.4, -0.2) is 29.4 Å². The molecule has 8 nitrogen and oxygen atoms in total. The Balaban J connectivity index is 1.68. The topological polar surface area (TPSA) is 90.8 Å². The highest BCUT2D eigenvalue weighted by molar-refractivity contribution is 6.32. The molecule has 0 aliphatic carbocycles. The summed E-state index contributed by atoms with van der Waals surface area (Å²) < 4.78 is 18.6. The quantitative estimate of drug-likeness (QED) is 0.163. The zero-order chi connectivity index (χ0) is 30.2. The van der Waals surface area contributed by atoms with Crippen LogP contribution in [0.1, 0.15) is 50.5 Å². The molecule has 0 saturated heterocycles. The van der Waals surface area contributed by atoms with Gasteiger partial charge in [-0.3, -0.25) is 4.79 Å². The average molecular weight is 590 g/mol. The Bertz CT molecular complexity index is 1580. The van der Waals surface area contributed by atoms with Gasteiger partial charge in [-0.05, 0) is 76.6 Å². The molecule has 0 radical (unpaired) electrons. The van der Waals surface area contributed by atoms with Crippen molar-refractivity contribution in [1.29, 1.82) is 0 Å². The van der Waals surface area contributed by atoms with E-state index < -0.39 is 5.97 Å².